The Morgan fingerprint density at radius 1 is 1.35 bits per heavy atom. The van der Waals surface area contributed by atoms with E-state index in [9.17, 15) is 8.42 Å². The van der Waals surface area contributed by atoms with Crippen LogP contribution in [0.15, 0.2) is 23.1 Å². The van der Waals surface area contributed by atoms with E-state index in [0.717, 1.165) is 18.5 Å². The third kappa shape index (κ3) is 4.77. The van der Waals surface area contributed by atoms with E-state index in [1.54, 1.807) is 12.1 Å². The van der Waals surface area contributed by atoms with Gasteiger partial charge in [-0.05, 0) is 58.1 Å². The van der Waals surface area contributed by atoms with E-state index in [-0.39, 0.29) is 10.9 Å². The monoisotopic (exact) mass is 299 g/mol. The lowest BCUT2D eigenvalue weighted by Crippen LogP contribution is -2.35. The molecular weight excluding hydrogens is 274 g/mol. The molecule has 0 amide bonds. The van der Waals surface area contributed by atoms with Gasteiger partial charge in [0.2, 0.25) is 10.0 Å². The number of nitrogens with zero attached hydrogens (tertiary/aromatic N) is 1. The summed E-state index contributed by atoms with van der Waals surface area (Å²) < 4.78 is 27.6. The van der Waals surface area contributed by atoms with Crippen molar-refractivity contribution in [1.29, 1.82) is 0 Å². The number of nitrogens with one attached hydrogen (secondary N) is 1. The Kier molecular flexibility index (Phi) is 5.98. The van der Waals surface area contributed by atoms with Crippen molar-refractivity contribution in [2.24, 2.45) is 0 Å². The van der Waals surface area contributed by atoms with Crippen LogP contribution < -0.4 is 10.5 Å². The molecule has 3 N–H and O–H groups in total. The Morgan fingerprint density at radius 2 is 2.00 bits per heavy atom. The van der Waals surface area contributed by atoms with E-state index in [4.69, 9.17) is 5.73 Å². The normalized spacial score (nSPS) is 13.7. The van der Waals surface area contributed by atoms with Gasteiger partial charge in [0.1, 0.15) is 0 Å². The van der Waals surface area contributed by atoms with E-state index >= 15 is 0 Å². The van der Waals surface area contributed by atoms with E-state index in [1.807, 2.05) is 32.8 Å². The lowest BCUT2D eigenvalue weighted by Gasteiger charge is -2.18. The largest absolute Gasteiger partial charge is 0.399 e. The summed E-state index contributed by atoms with van der Waals surface area (Å²) in [5.74, 6) is 0. The Balaban J connectivity index is 2.91. The van der Waals surface area contributed by atoms with Crippen molar-refractivity contribution < 1.29 is 8.42 Å². The number of anilines is 1. The number of sulfonamides is 1. The fourth-order valence-corrected chi connectivity index (χ4v) is 3.58. The highest BCUT2D eigenvalue weighted by Gasteiger charge is 2.20. The maximum absolute atomic E-state index is 12.4. The van der Waals surface area contributed by atoms with Crippen LogP contribution in [0.25, 0.3) is 0 Å². The van der Waals surface area contributed by atoms with Crippen LogP contribution in [0.3, 0.4) is 0 Å². The van der Waals surface area contributed by atoms with Crippen LogP contribution in [0.1, 0.15) is 25.8 Å². The van der Waals surface area contributed by atoms with Gasteiger partial charge in [0.25, 0.3) is 0 Å². The summed E-state index contributed by atoms with van der Waals surface area (Å²) in [5.41, 5.74) is 6.95. The zero-order valence-corrected chi connectivity index (χ0v) is 13.5. The molecule has 0 radical (unpaired) electrons. The molecule has 1 atom stereocenters. The smallest absolute Gasteiger partial charge is 0.241 e. The molecule has 0 fully saturated rings. The van der Waals surface area contributed by atoms with E-state index < -0.39 is 10.0 Å². The molecule has 5 nitrogen and oxygen atoms in total. The highest BCUT2D eigenvalue weighted by Crippen LogP contribution is 2.20. The number of rotatable bonds is 7. The van der Waals surface area contributed by atoms with Crippen molar-refractivity contribution in [1.82, 2.24) is 9.62 Å². The highest BCUT2D eigenvalue weighted by molar-refractivity contribution is 7.89. The first kappa shape index (κ1) is 16.9. The van der Waals surface area contributed by atoms with Gasteiger partial charge in [-0.1, -0.05) is 13.0 Å². The molecule has 1 aromatic rings. The molecule has 0 heterocycles. The second-order valence-electron chi connectivity index (χ2n) is 5.34. The first-order chi connectivity index (χ1) is 9.26. The van der Waals surface area contributed by atoms with Crippen molar-refractivity contribution >= 4 is 15.7 Å². The molecule has 1 aromatic carbocycles. The van der Waals surface area contributed by atoms with Gasteiger partial charge in [0, 0.05) is 11.7 Å². The molecule has 114 valence electrons. The van der Waals surface area contributed by atoms with Crippen molar-refractivity contribution in [2.75, 3.05) is 26.4 Å². The van der Waals surface area contributed by atoms with Crippen LogP contribution >= 0.6 is 0 Å². The second-order valence-corrected chi connectivity index (χ2v) is 7.02. The van der Waals surface area contributed by atoms with Gasteiger partial charge >= 0.3 is 0 Å². The van der Waals surface area contributed by atoms with Gasteiger partial charge in [0.05, 0.1) is 4.90 Å². The number of nitrogen functional groups attached to an aromatic ring is 1. The number of hydrogen-bond acceptors (Lipinski definition) is 4. The molecule has 0 saturated heterocycles. The zero-order valence-electron chi connectivity index (χ0n) is 12.7. The first-order valence-electron chi connectivity index (χ1n) is 6.81. The number of aryl methyl sites for hydroxylation is 1. The minimum atomic E-state index is -3.52. The Bertz CT molecular complexity index is 541. The van der Waals surface area contributed by atoms with Gasteiger partial charge in [-0.15, -0.1) is 0 Å². The fourth-order valence-electron chi connectivity index (χ4n) is 1.95. The van der Waals surface area contributed by atoms with Gasteiger partial charge in [-0.25, -0.2) is 13.1 Å². The molecule has 1 rings (SSSR count). The van der Waals surface area contributed by atoms with Crippen LogP contribution in [0, 0.1) is 0 Å². The average molecular weight is 299 g/mol. The molecule has 0 aromatic heterocycles. The summed E-state index contributed by atoms with van der Waals surface area (Å²) in [6, 6.07) is 4.91. The standard InChI is InChI=1S/C14H25N3O2S/c1-5-12-6-7-13(15)10-14(12)20(18,19)16-11(2)8-9-17(3)4/h6-7,10-11,16H,5,8-9,15H2,1-4H3. The summed E-state index contributed by atoms with van der Waals surface area (Å²) >= 11 is 0. The van der Waals surface area contributed by atoms with Crippen molar-refractivity contribution in [3.05, 3.63) is 23.8 Å². The quantitative estimate of drug-likeness (QED) is 0.747. The minimum Gasteiger partial charge on any atom is -0.399 e. The second kappa shape index (κ2) is 7.06. The van der Waals surface area contributed by atoms with Crippen LogP contribution in [-0.4, -0.2) is 40.0 Å². The van der Waals surface area contributed by atoms with Gasteiger partial charge in [-0.3, -0.25) is 0 Å². The maximum Gasteiger partial charge on any atom is 0.241 e. The number of hydrogen-bond donors (Lipinski definition) is 2. The lowest BCUT2D eigenvalue weighted by atomic mass is 10.1. The fraction of sp³-hybridized carbons (Fsp3) is 0.571. The molecule has 0 bridgehead atoms. The third-order valence-corrected chi connectivity index (χ3v) is 4.80. The van der Waals surface area contributed by atoms with Crippen LogP contribution in [0.2, 0.25) is 0 Å². The zero-order chi connectivity index (χ0) is 15.3. The SMILES string of the molecule is CCc1ccc(N)cc1S(=O)(=O)NC(C)CCN(C)C. The summed E-state index contributed by atoms with van der Waals surface area (Å²) in [7, 11) is 0.412. The lowest BCUT2D eigenvalue weighted by molar-refractivity contribution is 0.379. The van der Waals surface area contributed by atoms with Crippen LogP contribution in [-0.2, 0) is 16.4 Å². The van der Waals surface area contributed by atoms with Crippen LogP contribution in [0.4, 0.5) is 5.69 Å². The summed E-state index contributed by atoms with van der Waals surface area (Å²) in [5, 5.41) is 0. The van der Waals surface area contributed by atoms with Crippen molar-refractivity contribution in [3.8, 4) is 0 Å². The molecular formula is C14H25N3O2S. The predicted octanol–water partition coefficient (Wildman–Crippen LogP) is 1.45. The first-order valence-corrected chi connectivity index (χ1v) is 8.30. The number of nitrogens with two attached hydrogens (primary N) is 1. The summed E-state index contributed by atoms with van der Waals surface area (Å²) in [6.07, 6.45) is 1.42. The Hall–Kier alpha value is -1.11. The molecule has 6 heteroatoms. The molecule has 1 unspecified atom stereocenters. The molecule has 0 aliphatic heterocycles. The van der Waals surface area contributed by atoms with Gasteiger partial charge in [0.15, 0.2) is 0 Å². The van der Waals surface area contributed by atoms with Gasteiger partial charge in [-0.2, -0.15) is 0 Å². The maximum atomic E-state index is 12.4. The van der Waals surface area contributed by atoms with E-state index in [0.29, 0.717) is 12.1 Å². The molecule has 0 aliphatic carbocycles. The summed E-state index contributed by atoms with van der Waals surface area (Å²) in [6.45, 7) is 4.64. The highest BCUT2D eigenvalue weighted by atomic mass is 32.2. The Labute approximate surface area is 122 Å². The summed E-state index contributed by atoms with van der Waals surface area (Å²) in [4.78, 5) is 2.32. The average Bonchev–Trinajstić information content (AvgIpc) is 2.36. The predicted molar refractivity (Wildman–Crippen MR) is 83.2 cm³/mol. The molecule has 20 heavy (non-hydrogen) atoms. The van der Waals surface area contributed by atoms with Gasteiger partial charge < -0.3 is 10.6 Å². The minimum absolute atomic E-state index is 0.117. The Morgan fingerprint density at radius 3 is 2.55 bits per heavy atom. The van der Waals surface area contributed by atoms with Crippen molar-refractivity contribution in [3.63, 3.8) is 0 Å². The van der Waals surface area contributed by atoms with E-state index in [2.05, 4.69) is 4.72 Å². The molecule has 0 aliphatic rings. The molecule has 0 spiro atoms. The van der Waals surface area contributed by atoms with Crippen molar-refractivity contribution in [2.45, 2.75) is 37.6 Å². The number of benzene rings is 1. The third-order valence-electron chi connectivity index (χ3n) is 3.13. The topological polar surface area (TPSA) is 75.4 Å². The molecule has 0 saturated carbocycles. The van der Waals surface area contributed by atoms with E-state index in [1.165, 1.54) is 6.07 Å². The van der Waals surface area contributed by atoms with Crippen LogP contribution in [0.5, 0.6) is 0 Å².